The molecule has 0 fully saturated rings. The fourth-order valence-corrected chi connectivity index (χ4v) is 4.49. The van der Waals surface area contributed by atoms with Crippen LogP contribution in [0.4, 0.5) is 0 Å². The molecule has 2 heterocycles. The van der Waals surface area contributed by atoms with Crippen molar-refractivity contribution in [1.29, 1.82) is 0 Å². The van der Waals surface area contributed by atoms with Gasteiger partial charge in [0.15, 0.2) is 0 Å². The molecule has 2 aliphatic rings. The minimum atomic E-state index is -0.559. The molecular weight excluding hydrogens is 475 g/mol. The fourth-order valence-electron chi connectivity index (χ4n) is 3.80. The molecule has 0 amide bonds. The first kappa shape index (κ1) is 18.8. The van der Waals surface area contributed by atoms with Gasteiger partial charge in [0.25, 0.3) is 0 Å². The Labute approximate surface area is 186 Å². The van der Waals surface area contributed by atoms with E-state index in [1.165, 1.54) is 0 Å². The molecule has 2 atom stereocenters. The molecule has 0 bridgehead atoms. The highest BCUT2D eigenvalue weighted by Crippen LogP contribution is 2.49. The number of phenols is 1. The average molecular weight is 490 g/mol. The summed E-state index contributed by atoms with van der Waals surface area (Å²) in [5.41, 5.74) is 3.56. The highest BCUT2D eigenvalue weighted by atomic mass is 79.9. The number of benzene rings is 3. The summed E-state index contributed by atoms with van der Waals surface area (Å²) in [5, 5.41) is 18.6. The summed E-state index contributed by atoms with van der Waals surface area (Å²) in [6, 6.07) is 18.5. The molecule has 0 aromatic heterocycles. The van der Waals surface area contributed by atoms with Crippen molar-refractivity contribution >= 4 is 44.8 Å². The van der Waals surface area contributed by atoms with Gasteiger partial charge in [0.05, 0.1) is 17.3 Å². The molecule has 7 heteroatoms. The molecule has 3 aromatic rings. The zero-order valence-corrected chi connectivity index (χ0v) is 18.1. The van der Waals surface area contributed by atoms with E-state index in [1.807, 2.05) is 53.5 Å². The van der Waals surface area contributed by atoms with E-state index in [2.05, 4.69) is 15.9 Å². The summed E-state index contributed by atoms with van der Waals surface area (Å²) >= 11 is 15.8. The summed E-state index contributed by atoms with van der Waals surface area (Å²) < 4.78 is 7.14. The molecule has 2 unspecified atom stereocenters. The quantitative estimate of drug-likeness (QED) is 0.435. The second-order valence-corrected chi connectivity index (χ2v) is 8.80. The smallest absolute Gasteiger partial charge is 0.217 e. The molecule has 0 saturated carbocycles. The average Bonchev–Trinajstić information content (AvgIpc) is 3.16. The van der Waals surface area contributed by atoms with Crippen molar-refractivity contribution in [2.24, 2.45) is 5.10 Å². The third-order valence-corrected chi connectivity index (χ3v) is 6.17. The van der Waals surface area contributed by atoms with E-state index in [0.29, 0.717) is 22.0 Å². The van der Waals surface area contributed by atoms with Crippen molar-refractivity contribution in [3.63, 3.8) is 0 Å². The van der Waals surface area contributed by atoms with Gasteiger partial charge in [-0.15, -0.1) is 0 Å². The SMILES string of the molecule is Oc1ccc(Br)cc1C1Oc2ccc(Cl)cc2C2CC(c3ccc(Cl)cc3)=NN21. The number of nitrogens with zero attached hydrogens (tertiary/aromatic N) is 2. The Kier molecular flexibility index (Phi) is 4.69. The van der Waals surface area contributed by atoms with E-state index in [1.54, 1.807) is 12.1 Å². The molecule has 0 saturated heterocycles. The molecule has 3 aromatic carbocycles. The van der Waals surface area contributed by atoms with E-state index < -0.39 is 6.23 Å². The van der Waals surface area contributed by atoms with Gasteiger partial charge in [-0.1, -0.05) is 51.3 Å². The minimum Gasteiger partial charge on any atom is -0.507 e. The van der Waals surface area contributed by atoms with Crippen LogP contribution in [0.2, 0.25) is 10.0 Å². The Morgan fingerprint density at radius 2 is 1.72 bits per heavy atom. The van der Waals surface area contributed by atoms with Crippen molar-refractivity contribution in [3.8, 4) is 11.5 Å². The van der Waals surface area contributed by atoms with Crippen LogP contribution in [0, 0.1) is 0 Å². The van der Waals surface area contributed by atoms with E-state index in [9.17, 15) is 5.11 Å². The molecule has 0 aliphatic carbocycles. The highest BCUT2D eigenvalue weighted by molar-refractivity contribution is 9.10. The minimum absolute atomic E-state index is 0.0495. The number of hydrogen-bond acceptors (Lipinski definition) is 4. The van der Waals surface area contributed by atoms with Gasteiger partial charge in [-0.05, 0) is 54.1 Å². The van der Waals surface area contributed by atoms with Gasteiger partial charge in [-0.3, -0.25) is 0 Å². The monoisotopic (exact) mass is 488 g/mol. The second kappa shape index (κ2) is 7.24. The number of ether oxygens (including phenoxy) is 1. The number of aromatic hydroxyl groups is 1. The molecule has 29 heavy (non-hydrogen) atoms. The number of fused-ring (bicyclic) bond motifs is 3. The molecule has 0 radical (unpaired) electrons. The summed E-state index contributed by atoms with van der Waals surface area (Å²) in [5.74, 6) is 0.900. The van der Waals surface area contributed by atoms with Crippen molar-refractivity contribution in [2.75, 3.05) is 0 Å². The lowest BCUT2D eigenvalue weighted by Gasteiger charge is -2.38. The molecule has 1 N–H and O–H groups in total. The van der Waals surface area contributed by atoms with Crippen LogP contribution in [0.25, 0.3) is 0 Å². The van der Waals surface area contributed by atoms with Crippen molar-refractivity contribution in [3.05, 3.63) is 91.9 Å². The van der Waals surface area contributed by atoms with E-state index >= 15 is 0 Å². The number of hydrogen-bond donors (Lipinski definition) is 1. The van der Waals surface area contributed by atoms with Gasteiger partial charge in [0, 0.05) is 26.5 Å². The number of phenolic OH excluding ortho intramolecular Hbond substituents is 1. The predicted octanol–water partition coefficient (Wildman–Crippen LogP) is 6.70. The fraction of sp³-hybridized carbons (Fsp3) is 0.136. The Morgan fingerprint density at radius 1 is 0.966 bits per heavy atom. The van der Waals surface area contributed by atoms with Gasteiger partial charge in [-0.25, -0.2) is 5.01 Å². The molecule has 0 spiro atoms. The standard InChI is InChI=1S/C22H15BrCl2N2O2/c23-13-3-7-20(28)17(9-13)22-27-19(16-10-15(25)6-8-21(16)29-22)11-18(26-27)12-1-4-14(24)5-2-12/h1-10,19,22,28H,11H2. The highest BCUT2D eigenvalue weighted by Gasteiger charge is 2.42. The van der Waals surface area contributed by atoms with Gasteiger partial charge in [0.2, 0.25) is 6.23 Å². The Hall–Kier alpha value is -2.21. The summed E-state index contributed by atoms with van der Waals surface area (Å²) in [4.78, 5) is 0. The first-order chi connectivity index (χ1) is 14.0. The predicted molar refractivity (Wildman–Crippen MR) is 118 cm³/mol. The van der Waals surface area contributed by atoms with Crippen LogP contribution in [-0.4, -0.2) is 15.8 Å². The molecule has 4 nitrogen and oxygen atoms in total. The number of hydrazone groups is 1. The Bertz CT molecular complexity index is 1130. The normalized spacial score (nSPS) is 20.0. The number of halogens is 3. The Morgan fingerprint density at radius 3 is 2.52 bits per heavy atom. The van der Waals surface area contributed by atoms with Crippen LogP contribution in [-0.2, 0) is 0 Å². The molecule has 5 rings (SSSR count). The van der Waals surface area contributed by atoms with E-state index in [0.717, 1.165) is 27.1 Å². The molecular formula is C22H15BrCl2N2O2. The van der Waals surface area contributed by atoms with Gasteiger partial charge < -0.3 is 9.84 Å². The van der Waals surface area contributed by atoms with Crippen molar-refractivity contribution < 1.29 is 9.84 Å². The maximum atomic E-state index is 10.5. The van der Waals surface area contributed by atoms with Crippen molar-refractivity contribution in [1.82, 2.24) is 5.01 Å². The topological polar surface area (TPSA) is 45.1 Å². The van der Waals surface area contributed by atoms with Crippen molar-refractivity contribution in [2.45, 2.75) is 18.7 Å². The molecule has 146 valence electrons. The zero-order valence-electron chi connectivity index (χ0n) is 15.0. The van der Waals surface area contributed by atoms with Crippen LogP contribution in [0.15, 0.2) is 70.2 Å². The summed E-state index contributed by atoms with van der Waals surface area (Å²) in [6.45, 7) is 0. The lowest BCUT2D eigenvalue weighted by Crippen LogP contribution is -2.33. The largest absolute Gasteiger partial charge is 0.507 e. The third kappa shape index (κ3) is 3.37. The first-order valence-electron chi connectivity index (χ1n) is 9.06. The summed E-state index contributed by atoms with van der Waals surface area (Å²) in [6.07, 6.45) is 0.139. The first-order valence-corrected chi connectivity index (χ1v) is 10.6. The zero-order chi connectivity index (χ0) is 20.1. The van der Waals surface area contributed by atoms with E-state index in [4.69, 9.17) is 33.0 Å². The Balaban J connectivity index is 1.63. The van der Waals surface area contributed by atoms with E-state index in [-0.39, 0.29) is 11.8 Å². The van der Waals surface area contributed by atoms with Gasteiger partial charge in [0.1, 0.15) is 11.5 Å². The van der Waals surface area contributed by atoms with Gasteiger partial charge >= 0.3 is 0 Å². The summed E-state index contributed by atoms with van der Waals surface area (Å²) in [7, 11) is 0. The lowest BCUT2D eigenvalue weighted by molar-refractivity contribution is -0.0203. The van der Waals surface area contributed by atoms with Crippen LogP contribution in [0.3, 0.4) is 0 Å². The second-order valence-electron chi connectivity index (χ2n) is 7.01. The third-order valence-electron chi connectivity index (χ3n) is 5.18. The van der Waals surface area contributed by atoms with Crippen LogP contribution < -0.4 is 4.74 Å². The van der Waals surface area contributed by atoms with Crippen LogP contribution >= 0.6 is 39.1 Å². The van der Waals surface area contributed by atoms with Crippen LogP contribution in [0.1, 0.15) is 35.4 Å². The maximum Gasteiger partial charge on any atom is 0.217 e. The number of rotatable bonds is 2. The van der Waals surface area contributed by atoms with Gasteiger partial charge in [-0.2, -0.15) is 5.10 Å². The maximum absolute atomic E-state index is 10.5. The lowest BCUT2D eigenvalue weighted by atomic mass is 9.96. The molecule has 2 aliphatic heterocycles. The van der Waals surface area contributed by atoms with Crippen LogP contribution in [0.5, 0.6) is 11.5 Å².